The van der Waals surface area contributed by atoms with Crippen molar-refractivity contribution in [2.24, 2.45) is 17.8 Å². The van der Waals surface area contributed by atoms with Gasteiger partial charge in [0.25, 0.3) is 0 Å². The van der Waals surface area contributed by atoms with Crippen LogP contribution in [-0.2, 0) is 65.4 Å². The molecule has 0 aliphatic heterocycles. The normalized spacial score (nSPS) is 14.1. The fraction of sp³-hybridized carbons (Fsp3) is 0.955. The Kier molecular flexibility index (Phi) is 76.6. The first-order valence-electron chi connectivity index (χ1n) is 45.4. The maximum atomic E-state index is 13.2. The second kappa shape index (κ2) is 78.0. The molecule has 0 rings (SSSR count). The third-order valence-corrected chi connectivity index (χ3v) is 22.9. The Morgan fingerprint density at radius 3 is 0.710 bits per heavy atom. The first kappa shape index (κ1) is 105. The van der Waals surface area contributed by atoms with E-state index in [4.69, 9.17) is 37.0 Å². The molecular weight excluding hydrogens is 1390 g/mol. The summed E-state index contributed by atoms with van der Waals surface area (Å²) in [6, 6.07) is 0. The molecule has 3 unspecified atom stereocenters. The van der Waals surface area contributed by atoms with Crippen molar-refractivity contribution in [1.82, 2.24) is 0 Å². The first-order chi connectivity index (χ1) is 51.8. The minimum Gasteiger partial charge on any atom is -0.462 e. The lowest BCUT2D eigenvalue weighted by molar-refractivity contribution is -0.161. The average molecular weight is 1560 g/mol. The van der Waals surface area contributed by atoms with Gasteiger partial charge in [-0.05, 0) is 43.4 Å². The number of carbonyl (C=O) groups excluding carboxylic acids is 4. The van der Waals surface area contributed by atoms with E-state index in [0.29, 0.717) is 25.7 Å². The van der Waals surface area contributed by atoms with Gasteiger partial charge in [-0.15, -0.1) is 0 Å². The van der Waals surface area contributed by atoms with Crippen LogP contribution in [-0.4, -0.2) is 96.7 Å². The highest BCUT2D eigenvalue weighted by atomic mass is 31.2. The van der Waals surface area contributed by atoms with E-state index >= 15 is 0 Å². The molecule has 636 valence electrons. The summed E-state index contributed by atoms with van der Waals surface area (Å²) < 4.78 is 69.0. The van der Waals surface area contributed by atoms with E-state index in [2.05, 4.69) is 48.5 Å². The molecular formula is C88H172O17P2. The van der Waals surface area contributed by atoms with Crippen LogP contribution in [0.2, 0.25) is 0 Å². The van der Waals surface area contributed by atoms with Gasteiger partial charge in [-0.25, -0.2) is 9.13 Å². The van der Waals surface area contributed by atoms with E-state index in [0.717, 1.165) is 108 Å². The van der Waals surface area contributed by atoms with E-state index in [1.807, 2.05) is 0 Å². The minimum absolute atomic E-state index is 0.107. The van der Waals surface area contributed by atoms with E-state index in [1.165, 1.54) is 276 Å². The summed E-state index contributed by atoms with van der Waals surface area (Å²) in [6.45, 7) is 12.1. The Labute approximate surface area is 658 Å². The molecule has 0 bridgehead atoms. The lowest BCUT2D eigenvalue weighted by Gasteiger charge is -2.21. The highest BCUT2D eigenvalue weighted by Gasteiger charge is 2.31. The standard InChI is InChI=1S/C88H172O17P2/c1-8-10-11-12-13-14-15-34-41-48-55-62-69-85(90)98-75-83(105-88(93)72-65-58-51-44-37-30-29-32-39-46-53-60-67-80(5)6)77-102-106(94,95)100-73-82(89)74-101-107(96,97)103-78-84(76-99-86(91)70-63-56-49-42-35-27-24-20-21-25-31-38-45-52-59-66-79(3)4)104-87(92)71-64-57-50-43-36-28-23-19-17-16-18-22-26-33-40-47-54-61-68-81(7)9-2/h79-84,89H,8-78H2,1-7H3,(H,94,95)(H,96,97)/t81?,82-,83+,84+/m0/s1. The van der Waals surface area contributed by atoms with Gasteiger partial charge in [-0.1, -0.05) is 414 Å². The van der Waals surface area contributed by atoms with Crippen molar-refractivity contribution in [3.8, 4) is 0 Å². The maximum absolute atomic E-state index is 13.2. The molecule has 0 aromatic carbocycles. The van der Waals surface area contributed by atoms with E-state index in [9.17, 15) is 43.2 Å². The number of hydrogen-bond donors (Lipinski definition) is 3. The number of aliphatic hydroxyl groups excluding tert-OH is 1. The highest BCUT2D eigenvalue weighted by molar-refractivity contribution is 7.47. The summed E-state index contributed by atoms with van der Waals surface area (Å²) in [4.78, 5) is 73.3. The summed E-state index contributed by atoms with van der Waals surface area (Å²) in [5.41, 5.74) is 0. The van der Waals surface area contributed by atoms with Crippen molar-refractivity contribution in [2.75, 3.05) is 39.6 Å². The topological polar surface area (TPSA) is 237 Å². The second-order valence-electron chi connectivity index (χ2n) is 32.8. The second-order valence-corrected chi connectivity index (χ2v) is 35.7. The lowest BCUT2D eigenvalue weighted by Crippen LogP contribution is -2.30. The van der Waals surface area contributed by atoms with Gasteiger partial charge in [0, 0.05) is 25.7 Å². The van der Waals surface area contributed by atoms with Gasteiger partial charge >= 0.3 is 39.5 Å². The number of carbonyl (C=O) groups is 4. The molecule has 3 N–H and O–H groups in total. The fourth-order valence-corrected chi connectivity index (χ4v) is 15.3. The van der Waals surface area contributed by atoms with Crippen LogP contribution in [0.5, 0.6) is 0 Å². The van der Waals surface area contributed by atoms with Crippen molar-refractivity contribution in [1.29, 1.82) is 0 Å². The van der Waals surface area contributed by atoms with Gasteiger partial charge < -0.3 is 33.8 Å². The van der Waals surface area contributed by atoms with Gasteiger partial charge in [0.2, 0.25) is 0 Å². The first-order valence-corrected chi connectivity index (χ1v) is 48.4. The molecule has 19 heteroatoms. The van der Waals surface area contributed by atoms with Gasteiger partial charge in [-0.3, -0.25) is 37.3 Å². The van der Waals surface area contributed by atoms with E-state index in [-0.39, 0.29) is 25.7 Å². The third-order valence-electron chi connectivity index (χ3n) is 21.0. The molecule has 0 saturated carbocycles. The van der Waals surface area contributed by atoms with Crippen LogP contribution in [0.25, 0.3) is 0 Å². The molecule has 0 aliphatic rings. The Hall–Kier alpha value is -1.94. The monoisotopic (exact) mass is 1560 g/mol. The smallest absolute Gasteiger partial charge is 0.462 e. The average Bonchev–Trinajstić information content (AvgIpc) is 0.902. The van der Waals surface area contributed by atoms with Crippen molar-refractivity contribution >= 4 is 39.5 Å². The molecule has 0 radical (unpaired) electrons. The third kappa shape index (κ3) is 80.5. The zero-order chi connectivity index (χ0) is 78.6. The van der Waals surface area contributed by atoms with Crippen molar-refractivity contribution in [3.05, 3.63) is 0 Å². The minimum atomic E-state index is -4.97. The Balaban J connectivity index is 5.25. The van der Waals surface area contributed by atoms with Gasteiger partial charge in [0.15, 0.2) is 12.2 Å². The summed E-state index contributed by atoms with van der Waals surface area (Å²) in [6.07, 6.45) is 69.3. The highest BCUT2D eigenvalue weighted by Crippen LogP contribution is 2.45. The molecule has 107 heavy (non-hydrogen) atoms. The fourth-order valence-electron chi connectivity index (χ4n) is 13.7. The molecule has 0 aromatic heterocycles. The summed E-state index contributed by atoms with van der Waals surface area (Å²) in [5.74, 6) is 0.354. The predicted molar refractivity (Wildman–Crippen MR) is 441 cm³/mol. The Morgan fingerprint density at radius 1 is 0.271 bits per heavy atom. The van der Waals surface area contributed by atoms with Crippen LogP contribution in [0.1, 0.15) is 466 Å². The number of hydrogen-bond acceptors (Lipinski definition) is 15. The maximum Gasteiger partial charge on any atom is 0.472 e. The van der Waals surface area contributed by atoms with Gasteiger partial charge in [-0.2, -0.15) is 0 Å². The molecule has 0 saturated heterocycles. The molecule has 0 amide bonds. The number of ether oxygens (including phenoxy) is 4. The molecule has 0 aliphatic carbocycles. The summed E-state index contributed by atoms with van der Waals surface area (Å²) in [5, 5.41) is 10.7. The van der Waals surface area contributed by atoms with Gasteiger partial charge in [0.05, 0.1) is 26.4 Å². The molecule has 0 fully saturated rings. The Morgan fingerprint density at radius 2 is 0.477 bits per heavy atom. The lowest BCUT2D eigenvalue weighted by atomic mass is 9.99. The largest absolute Gasteiger partial charge is 0.472 e. The summed E-state index contributed by atoms with van der Waals surface area (Å²) in [7, 11) is -9.93. The number of phosphoric acid groups is 2. The molecule has 6 atom stereocenters. The molecule has 0 aromatic rings. The summed E-state index contributed by atoms with van der Waals surface area (Å²) >= 11 is 0. The van der Waals surface area contributed by atoms with Crippen molar-refractivity contribution < 1.29 is 80.2 Å². The number of rotatable bonds is 86. The molecule has 0 spiro atoms. The van der Waals surface area contributed by atoms with E-state index < -0.39 is 97.5 Å². The van der Waals surface area contributed by atoms with Gasteiger partial charge in [0.1, 0.15) is 19.3 Å². The SMILES string of the molecule is CCCCCCCCCCCCCCC(=O)OC[C@H](COP(=O)(O)OC[C@H](O)COP(=O)(O)OC[C@@H](COC(=O)CCCCCCCCCCCCCCCCCC(C)C)OC(=O)CCCCCCCCCCCCCCCCCCCCC(C)CC)OC(=O)CCCCCCCCCCCCCCC(C)C. The molecule has 0 heterocycles. The molecule has 17 nitrogen and oxygen atoms in total. The van der Waals surface area contributed by atoms with E-state index in [1.54, 1.807) is 0 Å². The van der Waals surface area contributed by atoms with Crippen LogP contribution in [0.3, 0.4) is 0 Å². The predicted octanol–water partition coefficient (Wildman–Crippen LogP) is 26.9. The van der Waals surface area contributed by atoms with Crippen LogP contribution < -0.4 is 0 Å². The van der Waals surface area contributed by atoms with Crippen molar-refractivity contribution in [2.45, 2.75) is 484 Å². The number of esters is 4. The van der Waals surface area contributed by atoms with Crippen LogP contribution in [0.15, 0.2) is 0 Å². The number of phosphoric ester groups is 2. The van der Waals surface area contributed by atoms with Crippen LogP contribution in [0.4, 0.5) is 0 Å². The quantitative estimate of drug-likeness (QED) is 0.0222. The number of unbranched alkanes of at least 4 members (excludes halogenated alkanes) is 53. The number of aliphatic hydroxyl groups is 1. The Bertz CT molecular complexity index is 2060. The zero-order valence-corrected chi connectivity index (χ0v) is 72.4. The van der Waals surface area contributed by atoms with Crippen LogP contribution >= 0.6 is 15.6 Å². The van der Waals surface area contributed by atoms with Crippen molar-refractivity contribution in [3.63, 3.8) is 0 Å². The van der Waals surface area contributed by atoms with Crippen LogP contribution in [0, 0.1) is 17.8 Å². The zero-order valence-electron chi connectivity index (χ0n) is 70.6.